The summed E-state index contributed by atoms with van der Waals surface area (Å²) < 4.78 is 9.92. The van der Waals surface area contributed by atoms with Crippen LogP contribution in [0.15, 0.2) is 11.6 Å². The number of hydrogen-bond donors (Lipinski definition) is 2. The lowest BCUT2D eigenvalue weighted by Crippen LogP contribution is -2.54. The number of fused-ring (bicyclic) bond motifs is 1. The van der Waals surface area contributed by atoms with Gasteiger partial charge in [0.2, 0.25) is 0 Å². The number of carbonyl (C=O) groups excluding carboxylic acids is 1. The van der Waals surface area contributed by atoms with Crippen LogP contribution < -0.4 is 0 Å². The molecule has 0 amide bonds. The van der Waals surface area contributed by atoms with Gasteiger partial charge in [-0.15, -0.1) is 0 Å². The minimum absolute atomic E-state index is 0.0890. The summed E-state index contributed by atoms with van der Waals surface area (Å²) in [5.41, 5.74) is -1.12. The van der Waals surface area contributed by atoms with Crippen molar-refractivity contribution in [1.82, 2.24) is 0 Å². The van der Waals surface area contributed by atoms with E-state index in [1.54, 1.807) is 26.8 Å². The number of rotatable bonds is 6. The van der Waals surface area contributed by atoms with Crippen LogP contribution in [0, 0.1) is 11.1 Å². The summed E-state index contributed by atoms with van der Waals surface area (Å²) in [4.78, 5) is 12.4. The quantitative estimate of drug-likeness (QED) is 0.315. The Morgan fingerprint density at radius 2 is 2.17 bits per heavy atom. The zero-order valence-electron chi connectivity index (χ0n) is 14.2. The van der Waals surface area contributed by atoms with Crippen molar-refractivity contribution in [2.24, 2.45) is 5.92 Å². The largest absolute Gasteiger partial charge is 0.632 e. The molecule has 1 unspecified atom stereocenters. The molecular weight excluding hydrogens is 302 g/mol. The van der Waals surface area contributed by atoms with Gasteiger partial charge in [0.25, 0.3) is 0 Å². The number of nitrogens with zero attached hydrogens (tertiary/aromatic N) is 1. The second-order valence-corrected chi connectivity index (χ2v) is 6.87. The van der Waals surface area contributed by atoms with Crippen LogP contribution in [0.3, 0.4) is 0 Å². The molecule has 1 saturated heterocycles. The number of ether oxygens (including phenoxy) is 2. The van der Waals surface area contributed by atoms with Crippen molar-refractivity contribution in [2.45, 2.75) is 51.0 Å². The van der Waals surface area contributed by atoms with Crippen LogP contribution in [-0.2, 0) is 14.3 Å². The molecule has 0 aromatic carbocycles. The molecule has 2 rings (SSSR count). The summed E-state index contributed by atoms with van der Waals surface area (Å²) in [6.45, 7) is 5.61. The molecule has 23 heavy (non-hydrogen) atoms. The van der Waals surface area contributed by atoms with E-state index < -0.39 is 40.4 Å². The van der Waals surface area contributed by atoms with Crippen molar-refractivity contribution in [3.63, 3.8) is 0 Å². The molecule has 2 N–H and O–H groups in total. The van der Waals surface area contributed by atoms with E-state index in [0.29, 0.717) is 18.5 Å². The Morgan fingerprint density at radius 3 is 2.74 bits per heavy atom. The maximum Gasteiger partial charge on any atom is 0.341 e. The first-order valence-electron chi connectivity index (χ1n) is 8.04. The van der Waals surface area contributed by atoms with Gasteiger partial charge < -0.3 is 29.5 Å². The average Bonchev–Trinajstić information content (AvgIpc) is 2.99. The molecule has 132 valence electrons. The Kier molecular flexibility index (Phi) is 5.18. The molecule has 2 heterocycles. The van der Waals surface area contributed by atoms with Crippen LogP contribution in [0.5, 0.6) is 0 Å². The molecule has 2 aliphatic heterocycles. The highest BCUT2D eigenvalue weighted by Gasteiger charge is 2.49. The van der Waals surface area contributed by atoms with E-state index in [2.05, 4.69) is 0 Å². The van der Waals surface area contributed by atoms with Crippen molar-refractivity contribution >= 4 is 5.97 Å². The van der Waals surface area contributed by atoms with Crippen molar-refractivity contribution < 1.29 is 29.1 Å². The molecule has 2 aliphatic rings. The number of hydrogen-bond acceptors (Lipinski definition) is 6. The van der Waals surface area contributed by atoms with Gasteiger partial charge in [0.15, 0.2) is 5.60 Å². The van der Waals surface area contributed by atoms with E-state index in [1.807, 2.05) is 0 Å². The van der Waals surface area contributed by atoms with E-state index in [4.69, 9.17) is 9.47 Å². The molecule has 7 heteroatoms. The van der Waals surface area contributed by atoms with E-state index in [-0.39, 0.29) is 13.2 Å². The second kappa shape index (κ2) is 6.49. The summed E-state index contributed by atoms with van der Waals surface area (Å²) in [5.74, 6) is -1.17. The molecule has 0 aromatic heterocycles. The van der Waals surface area contributed by atoms with Crippen molar-refractivity contribution in [2.75, 3.05) is 26.8 Å². The molecule has 0 aromatic rings. The maximum atomic E-state index is 12.5. The van der Waals surface area contributed by atoms with Crippen molar-refractivity contribution in [3.05, 3.63) is 16.9 Å². The summed E-state index contributed by atoms with van der Waals surface area (Å²) >= 11 is 0. The van der Waals surface area contributed by atoms with Crippen LogP contribution >= 0.6 is 0 Å². The highest BCUT2D eigenvalue weighted by atomic mass is 16.6. The minimum Gasteiger partial charge on any atom is -0.632 e. The second-order valence-electron chi connectivity index (χ2n) is 6.87. The Morgan fingerprint density at radius 1 is 1.52 bits per heavy atom. The van der Waals surface area contributed by atoms with Gasteiger partial charge in [-0.3, -0.25) is 0 Å². The SMILES string of the molecule is CO[C@H](C)[C@@](O)(C(=O)OCC1=CC[N+]2([O-])CC[C@@H](O)[C@H]12)C(C)C. The molecule has 0 spiro atoms. The maximum absolute atomic E-state index is 12.5. The number of hydroxylamine groups is 3. The normalized spacial score (nSPS) is 34.0. The number of aliphatic hydroxyl groups is 2. The van der Waals surface area contributed by atoms with Crippen LogP contribution in [0.4, 0.5) is 0 Å². The smallest absolute Gasteiger partial charge is 0.341 e. The fourth-order valence-corrected chi connectivity index (χ4v) is 3.57. The monoisotopic (exact) mass is 329 g/mol. The van der Waals surface area contributed by atoms with Crippen LogP contribution in [0.25, 0.3) is 0 Å². The molecule has 0 saturated carbocycles. The number of aliphatic hydroxyl groups excluding tert-OH is 1. The summed E-state index contributed by atoms with van der Waals surface area (Å²) in [5, 5.41) is 33.2. The van der Waals surface area contributed by atoms with Gasteiger partial charge >= 0.3 is 5.97 Å². The number of quaternary nitrogens is 1. The van der Waals surface area contributed by atoms with Crippen LogP contribution in [0.2, 0.25) is 0 Å². The average molecular weight is 329 g/mol. The molecule has 0 bridgehead atoms. The van der Waals surface area contributed by atoms with Crippen LogP contribution in [-0.4, -0.2) is 71.5 Å². The Labute approximate surface area is 136 Å². The predicted molar refractivity (Wildman–Crippen MR) is 83.1 cm³/mol. The number of carbonyl (C=O) groups is 1. The van der Waals surface area contributed by atoms with Gasteiger partial charge in [-0.1, -0.05) is 13.8 Å². The third-order valence-electron chi connectivity index (χ3n) is 5.27. The van der Waals surface area contributed by atoms with Gasteiger partial charge in [0.1, 0.15) is 18.8 Å². The van der Waals surface area contributed by atoms with Gasteiger partial charge in [-0.25, -0.2) is 4.79 Å². The minimum atomic E-state index is -1.76. The van der Waals surface area contributed by atoms with Crippen molar-refractivity contribution in [1.29, 1.82) is 0 Å². The number of esters is 1. The first kappa shape index (κ1) is 18.4. The zero-order chi connectivity index (χ0) is 17.4. The highest BCUT2D eigenvalue weighted by Crippen LogP contribution is 2.36. The van der Waals surface area contributed by atoms with Crippen molar-refractivity contribution in [3.8, 4) is 0 Å². The fraction of sp³-hybridized carbons (Fsp3) is 0.812. The Bertz CT molecular complexity index is 493. The molecule has 5 atom stereocenters. The predicted octanol–water partition coefficient (Wildman–Crippen LogP) is 0.339. The summed E-state index contributed by atoms with van der Waals surface area (Å²) in [7, 11) is 1.42. The molecular formula is C16H27NO6. The topological polar surface area (TPSA) is 99.1 Å². The zero-order valence-corrected chi connectivity index (χ0v) is 14.2. The third-order valence-corrected chi connectivity index (χ3v) is 5.27. The number of methoxy groups -OCH3 is 1. The van der Waals surface area contributed by atoms with Gasteiger partial charge in [-0.2, -0.15) is 0 Å². The van der Waals surface area contributed by atoms with E-state index >= 15 is 0 Å². The highest BCUT2D eigenvalue weighted by molar-refractivity contribution is 5.80. The first-order valence-corrected chi connectivity index (χ1v) is 8.04. The van der Waals surface area contributed by atoms with Gasteiger partial charge in [0, 0.05) is 19.1 Å². The van der Waals surface area contributed by atoms with E-state index in [9.17, 15) is 20.2 Å². The van der Waals surface area contributed by atoms with E-state index in [0.717, 1.165) is 0 Å². The molecule has 1 fully saturated rings. The lowest BCUT2D eigenvalue weighted by Gasteiger charge is -2.40. The standard InChI is InChI=1S/C16H27NO6/c1-10(2)16(20,11(3)22-4)15(19)23-9-12-5-7-17(21)8-6-13(18)14(12)17/h5,10-11,13-14,18,20H,6-9H2,1-4H3/t11-,13-,14+,16-,17?/m1/s1. The molecule has 0 aliphatic carbocycles. The summed E-state index contributed by atoms with van der Waals surface area (Å²) in [6.07, 6.45) is 0.762. The first-order chi connectivity index (χ1) is 10.7. The summed E-state index contributed by atoms with van der Waals surface area (Å²) in [6, 6.07) is -0.560. The Hall–Kier alpha value is -0.990. The lowest BCUT2D eigenvalue weighted by atomic mass is 9.85. The lowest BCUT2D eigenvalue weighted by molar-refractivity contribution is -0.877. The molecule has 7 nitrogen and oxygen atoms in total. The van der Waals surface area contributed by atoms with E-state index in [1.165, 1.54) is 7.11 Å². The fourth-order valence-electron chi connectivity index (χ4n) is 3.57. The van der Waals surface area contributed by atoms with Crippen LogP contribution in [0.1, 0.15) is 27.2 Å². The third kappa shape index (κ3) is 3.04. The van der Waals surface area contributed by atoms with Gasteiger partial charge in [-0.05, 0) is 18.9 Å². The molecule has 0 radical (unpaired) electrons. The Balaban J connectivity index is 2.04. The van der Waals surface area contributed by atoms with Gasteiger partial charge in [0.05, 0.1) is 19.2 Å².